The van der Waals surface area contributed by atoms with Crippen LogP contribution in [0, 0.1) is 0 Å². The molecule has 0 fully saturated rings. The van der Waals surface area contributed by atoms with Gasteiger partial charge in [-0.1, -0.05) is 60.7 Å². The predicted molar refractivity (Wildman–Crippen MR) is 101 cm³/mol. The molecule has 1 heterocycles. The number of hydrogen-bond acceptors (Lipinski definition) is 2. The second-order valence-corrected chi connectivity index (χ2v) is 5.89. The Morgan fingerprint density at radius 3 is 2.48 bits per heavy atom. The maximum atomic E-state index is 12.7. The van der Waals surface area contributed by atoms with E-state index in [0.717, 1.165) is 27.7 Å². The van der Waals surface area contributed by atoms with E-state index in [-0.39, 0.29) is 5.91 Å². The fourth-order valence-electron chi connectivity index (χ4n) is 2.97. The summed E-state index contributed by atoms with van der Waals surface area (Å²) < 4.78 is 0. The molecule has 4 rings (SSSR count). The standard InChI is InChI=1S/C21H17N3O/c1-24(16-10-3-2-4-11-16)21(25)20-14-19(22-23-20)18-13-7-9-15-8-5-6-12-17(15)18/h2-14H,1H3,(H,22,23). The fraction of sp³-hybridized carbons (Fsp3) is 0.0476. The van der Waals surface area contributed by atoms with Crippen molar-refractivity contribution in [2.45, 2.75) is 0 Å². The lowest BCUT2D eigenvalue weighted by molar-refractivity contribution is 0.0988. The van der Waals surface area contributed by atoms with Gasteiger partial charge in [0.25, 0.3) is 5.91 Å². The Labute approximate surface area is 145 Å². The third-order valence-electron chi connectivity index (χ3n) is 4.32. The number of fused-ring (bicyclic) bond motifs is 1. The largest absolute Gasteiger partial charge is 0.310 e. The Morgan fingerprint density at radius 1 is 0.920 bits per heavy atom. The summed E-state index contributed by atoms with van der Waals surface area (Å²) in [6.07, 6.45) is 0. The molecule has 0 saturated carbocycles. The van der Waals surface area contributed by atoms with E-state index in [9.17, 15) is 4.79 Å². The second kappa shape index (κ2) is 6.24. The van der Waals surface area contributed by atoms with Gasteiger partial charge < -0.3 is 4.90 Å². The van der Waals surface area contributed by atoms with Crippen LogP contribution >= 0.6 is 0 Å². The summed E-state index contributed by atoms with van der Waals surface area (Å²) in [5.74, 6) is -0.120. The molecule has 122 valence electrons. The highest BCUT2D eigenvalue weighted by atomic mass is 16.2. The van der Waals surface area contributed by atoms with Crippen LogP contribution in [0.1, 0.15) is 10.5 Å². The molecular weight excluding hydrogens is 310 g/mol. The Bertz CT molecular complexity index is 1030. The monoisotopic (exact) mass is 327 g/mol. The first-order chi connectivity index (χ1) is 12.2. The maximum absolute atomic E-state index is 12.7. The number of aromatic amines is 1. The van der Waals surface area contributed by atoms with Gasteiger partial charge >= 0.3 is 0 Å². The van der Waals surface area contributed by atoms with Crippen LogP contribution in [0.2, 0.25) is 0 Å². The van der Waals surface area contributed by atoms with Gasteiger partial charge in [0, 0.05) is 18.3 Å². The fourth-order valence-corrected chi connectivity index (χ4v) is 2.97. The SMILES string of the molecule is CN(C(=O)c1cc(-c2cccc3ccccc23)n[nH]1)c1ccccc1. The molecule has 4 nitrogen and oxygen atoms in total. The summed E-state index contributed by atoms with van der Waals surface area (Å²) in [5, 5.41) is 9.51. The zero-order valence-corrected chi connectivity index (χ0v) is 13.8. The molecule has 0 saturated heterocycles. The van der Waals surface area contributed by atoms with Crippen LogP contribution in [0.25, 0.3) is 22.0 Å². The quantitative estimate of drug-likeness (QED) is 0.602. The summed E-state index contributed by atoms with van der Waals surface area (Å²) in [6, 6.07) is 25.6. The highest BCUT2D eigenvalue weighted by Crippen LogP contribution is 2.28. The first-order valence-corrected chi connectivity index (χ1v) is 8.11. The first kappa shape index (κ1) is 15.1. The van der Waals surface area contributed by atoms with Crippen molar-refractivity contribution in [1.82, 2.24) is 10.2 Å². The van der Waals surface area contributed by atoms with Crippen molar-refractivity contribution in [3.05, 3.63) is 84.6 Å². The van der Waals surface area contributed by atoms with Crippen molar-refractivity contribution in [2.24, 2.45) is 0 Å². The summed E-state index contributed by atoms with van der Waals surface area (Å²) in [5.41, 5.74) is 3.08. The molecule has 1 N–H and O–H groups in total. The van der Waals surface area contributed by atoms with Crippen LogP contribution in [0.3, 0.4) is 0 Å². The number of anilines is 1. The highest BCUT2D eigenvalue weighted by molar-refractivity contribution is 6.05. The van der Waals surface area contributed by atoms with E-state index in [0.29, 0.717) is 5.69 Å². The molecule has 0 aliphatic heterocycles. The maximum Gasteiger partial charge on any atom is 0.276 e. The average molecular weight is 327 g/mol. The molecule has 0 bridgehead atoms. The van der Waals surface area contributed by atoms with Gasteiger partial charge in [-0.2, -0.15) is 5.10 Å². The van der Waals surface area contributed by atoms with Gasteiger partial charge in [0.2, 0.25) is 0 Å². The van der Waals surface area contributed by atoms with Gasteiger partial charge in [-0.3, -0.25) is 9.89 Å². The zero-order chi connectivity index (χ0) is 17.2. The molecule has 1 aromatic heterocycles. The molecule has 0 radical (unpaired) electrons. The van der Waals surface area contributed by atoms with Crippen molar-refractivity contribution in [1.29, 1.82) is 0 Å². The highest BCUT2D eigenvalue weighted by Gasteiger charge is 2.17. The lowest BCUT2D eigenvalue weighted by Gasteiger charge is -2.15. The molecule has 0 unspecified atom stereocenters. The van der Waals surface area contributed by atoms with E-state index in [1.165, 1.54) is 0 Å². The minimum atomic E-state index is -0.120. The number of para-hydroxylation sites is 1. The van der Waals surface area contributed by atoms with Crippen molar-refractivity contribution < 1.29 is 4.79 Å². The molecule has 3 aromatic carbocycles. The smallest absolute Gasteiger partial charge is 0.276 e. The Balaban J connectivity index is 1.69. The Kier molecular flexibility index (Phi) is 3.78. The summed E-state index contributed by atoms with van der Waals surface area (Å²) in [4.78, 5) is 14.3. The third kappa shape index (κ3) is 2.78. The molecule has 1 amide bonds. The summed E-state index contributed by atoms with van der Waals surface area (Å²) >= 11 is 0. The predicted octanol–water partition coefficient (Wildman–Crippen LogP) is 4.51. The number of carbonyl (C=O) groups excluding carboxylic acids is 1. The number of carbonyl (C=O) groups is 1. The van der Waals surface area contributed by atoms with E-state index in [1.807, 2.05) is 60.7 Å². The molecule has 4 aromatic rings. The van der Waals surface area contributed by atoms with Gasteiger partial charge in [-0.15, -0.1) is 0 Å². The number of aromatic nitrogens is 2. The molecule has 0 atom stereocenters. The van der Waals surface area contributed by atoms with Gasteiger partial charge in [0.1, 0.15) is 5.69 Å². The Hall–Kier alpha value is -3.40. The van der Waals surface area contributed by atoms with Crippen molar-refractivity contribution in [2.75, 3.05) is 11.9 Å². The molecule has 4 heteroatoms. The number of rotatable bonds is 3. The minimum Gasteiger partial charge on any atom is -0.310 e. The number of benzene rings is 3. The number of H-pyrrole nitrogens is 1. The van der Waals surface area contributed by atoms with Crippen LogP contribution in [-0.2, 0) is 0 Å². The van der Waals surface area contributed by atoms with Gasteiger partial charge in [-0.25, -0.2) is 0 Å². The number of amides is 1. The van der Waals surface area contributed by atoms with Crippen molar-refractivity contribution in [3.63, 3.8) is 0 Å². The third-order valence-corrected chi connectivity index (χ3v) is 4.32. The van der Waals surface area contributed by atoms with Crippen molar-refractivity contribution in [3.8, 4) is 11.3 Å². The normalized spacial score (nSPS) is 10.8. The van der Waals surface area contributed by atoms with E-state index in [2.05, 4.69) is 28.4 Å². The second-order valence-electron chi connectivity index (χ2n) is 5.89. The van der Waals surface area contributed by atoms with Gasteiger partial charge in [0.05, 0.1) is 5.69 Å². The van der Waals surface area contributed by atoms with Crippen LogP contribution in [0.5, 0.6) is 0 Å². The minimum absolute atomic E-state index is 0.120. The van der Waals surface area contributed by atoms with Crippen LogP contribution in [0.4, 0.5) is 5.69 Å². The van der Waals surface area contributed by atoms with Crippen molar-refractivity contribution >= 4 is 22.4 Å². The van der Waals surface area contributed by atoms with E-state index < -0.39 is 0 Å². The van der Waals surface area contributed by atoms with Crippen LogP contribution in [-0.4, -0.2) is 23.2 Å². The van der Waals surface area contributed by atoms with Gasteiger partial charge in [-0.05, 0) is 29.0 Å². The molecule has 0 aliphatic rings. The average Bonchev–Trinajstić information content (AvgIpc) is 3.17. The molecular formula is C21H17N3O. The number of nitrogens with one attached hydrogen (secondary N) is 1. The molecule has 25 heavy (non-hydrogen) atoms. The van der Waals surface area contributed by atoms with E-state index >= 15 is 0 Å². The lowest BCUT2D eigenvalue weighted by Crippen LogP contribution is -2.26. The summed E-state index contributed by atoms with van der Waals surface area (Å²) in [6.45, 7) is 0. The molecule has 0 spiro atoms. The lowest BCUT2D eigenvalue weighted by atomic mass is 10.0. The first-order valence-electron chi connectivity index (χ1n) is 8.11. The van der Waals surface area contributed by atoms with Crippen LogP contribution < -0.4 is 4.90 Å². The van der Waals surface area contributed by atoms with Gasteiger partial charge in [0.15, 0.2) is 0 Å². The topological polar surface area (TPSA) is 49.0 Å². The van der Waals surface area contributed by atoms with E-state index in [4.69, 9.17) is 0 Å². The molecule has 0 aliphatic carbocycles. The number of nitrogens with zero attached hydrogens (tertiary/aromatic N) is 2. The Morgan fingerprint density at radius 2 is 1.64 bits per heavy atom. The number of hydrogen-bond donors (Lipinski definition) is 1. The zero-order valence-electron chi connectivity index (χ0n) is 13.8. The van der Waals surface area contributed by atoms with Crippen LogP contribution in [0.15, 0.2) is 78.9 Å². The summed E-state index contributed by atoms with van der Waals surface area (Å²) in [7, 11) is 1.76. The van der Waals surface area contributed by atoms with E-state index in [1.54, 1.807) is 11.9 Å².